The Morgan fingerprint density at radius 2 is 2.11 bits per heavy atom. The summed E-state index contributed by atoms with van der Waals surface area (Å²) < 4.78 is 23.6. The third kappa shape index (κ3) is 1.94. The van der Waals surface area contributed by atoms with Crippen molar-refractivity contribution in [3.8, 4) is 0 Å². The minimum atomic E-state index is -3.47. The number of hydrogen-bond donors (Lipinski definition) is 0. The molecular weight excluding hydrogens is 260 g/mol. The molecule has 0 atom stereocenters. The molecule has 1 amide bonds. The number of nitro benzene ring substituents is 1. The van der Waals surface area contributed by atoms with E-state index in [0.29, 0.717) is 0 Å². The summed E-state index contributed by atoms with van der Waals surface area (Å²) in [6.07, 6.45) is 0. The highest BCUT2D eigenvalue weighted by Gasteiger charge is 2.31. The Hall–Kier alpha value is -1.96. The maximum absolute atomic E-state index is 11.8. The summed E-state index contributed by atoms with van der Waals surface area (Å²) >= 11 is 0. The van der Waals surface area contributed by atoms with Crippen molar-refractivity contribution < 1.29 is 18.1 Å². The number of carbonyl (C=O) groups excluding carboxylic acids is 1. The highest BCUT2D eigenvalue weighted by atomic mass is 32.2. The highest BCUT2D eigenvalue weighted by Crippen LogP contribution is 2.33. The van der Waals surface area contributed by atoms with Crippen molar-refractivity contribution in [1.82, 2.24) is 0 Å². The number of nitrogens with zero attached hydrogens (tertiary/aromatic N) is 2. The van der Waals surface area contributed by atoms with Gasteiger partial charge >= 0.3 is 0 Å². The monoisotopic (exact) mass is 270 g/mol. The van der Waals surface area contributed by atoms with Crippen LogP contribution in [0.4, 0.5) is 11.4 Å². The predicted molar refractivity (Wildman–Crippen MR) is 63.2 cm³/mol. The lowest BCUT2D eigenvalue weighted by atomic mass is 10.2. The van der Waals surface area contributed by atoms with E-state index in [-0.39, 0.29) is 34.5 Å². The summed E-state index contributed by atoms with van der Waals surface area (Å²) in [5, 5.41) is 10.7. The van der Waals surface area contributed by atoms with Crippen LogP contribution in [-0.2, 0) is 14.6 Å². The fraction of sp³-hybridized carbons (Fsp3) is 0.300. The van der Waals surface area contributed by atoms with Gasteiger partial charge in [0.05, 0.1) is 21.3 Å². The maximum atomic E-state index is 11.8. The fourth-order valence-electron chi connectivity index (χ4n) is 1.86. The number of rotatable bonds is 1. The second kappa shape index (κ2) is 4.05. The van der Waals surface area contributed by atoms with Gasteiger partial charge in [0.1, 0.15) is 0 Å². The molecule has 96 valence electrons. The van der Waals surface area contributed by atoms with Crippen molar-refractivity contribution in [2.45, 2.75) is 11.8 Å². The third-order valence-corrected chi connectivity index (χ3v) is 4.48. The van der Waals surface area contributed by atoms with Gasteiger partial charge in [0.25, 0.3) is 5.69 Å². The normalized spacial score (nSPS) is 17.1. The summed E-state index contributed by atoms with van der Waals surface area (Å²) in [6, 6.07) is 3.42. The molecule has 0 saturated carbocycles. The van der Waals surface area contributed by atoms with Crippen LogP contribution in [0.5, 0.6) is 0 Å². The van der Waals surface area contributed by atoms with Gasteiger partial charge in [0.2, 0.25) is 5.91 Å². The second-order valence-electron chi connectivity index (χ2n) is 3.90. The van der Waals surface area contributed by atoms with Gasteiger partial charge in [0.15, 0.2) is 9.84 Å². The number of nitro groups is 1. The number of anilines is 1. The summed E-state index contributed by atoms with van der Waals surface area (Å²) in [5.74, 6) is -0.510. The predicted octanol–water partition coefficient (Wildman–Crippen LogP) is 0.735. The zero-order valence-electron chi connectivity index (χ0n) is 9.49. The first-order valence-corrected chi connectivity index (χ1v) is 6.77. The molecule has 0 bridgehead atoms. The lowest BCUT2D eigenvalue weighted by Gasteiger charge is -2.27. The van der Waals surface area contributed by atoms with E-state index in [1.165, 1.54) is 17.9 Å². The molecule has 0 N–H and O–H groups in total. The van der Waals surface area contributed by atoms with Crippen LogP contribution in [0, 0.1) is 10.1 Å². The van der Waals surface area contributed by atoms with Gasteiger partial charge in [0, 0.05) is 25.6 Å². The largest absolute Gasteiger partial charge is 0.310 e. The Labute approximate surface area is 103 Å². The molecule has 1 aromatic carbocycles. The van der Waals surface area contributed by atoms with Crippen molar-refractivity contribution in [3.05, 3.63) is 28.3 Å². The number of sulfone groups is 1. The molecule has 18 heavy (non-hydrogen) atoms. The molecule has 0 fully saturated rings. The quantitative estimate of drug-likeness (QED) is 0.553. The number of benzene rings is 1. The van der Waals surface area contributed by atoms with Crippen molar-refractivity contribution in [2.24, 2.45) is 0 Å². The van der Waals surface area contributed by atoms with E-state index in [0.717, 1.165) is 12.1 Å². The van der Waals surface area contributed by atoms with Crippen LogP contribution in [0.15, 0.2) is 23.1 Å². The average Bonchev–Trinajstić information content (AvgIpc) is 2.27. The van der Waals surface area contributed by atoms with E-state index in [9.17, 15) is 23.3 Å². The third-order valence-electron chi connectivity index (χ3n) is 2.74. The Morgan fingerprint density at radius 1 is 1.44 bits per heavy atom. The first kappa shape index (κ1) is 12.5. The van der Waals surface area contributed by atoms with E-state index in [1.807, 2.05) is 0 Å². The molecule has 1 aromatic rings. The van der Waals surface area contributed by atoms with E-state index in [1.54, 1.807) is 0 Å². The summed E-state index contributed by atoms with van der Waals surface area (Å²) in [4.78, 5) is 22.7. The molecular formula is C10H10N2O5S. The van der Waals surface area contributed by atoms with Crippen LogP contribution in [-0.4, -0.2) is 31.5 Å². The summed E-state index contributed by atoms with van der Waals surface area (Å²) in [7, 11) is -3.47. The first-order chi connectivity index (χ1) is 8.33. The smallest absolute Gasteiger partial charge is 0.271 e. The molecule has 7 nitrogen and oxygen atoms in total. The highest BCUT2D eigenvalue weighted by molar-refractivity contribution is 7.91. The number of hydrogen-bond acceptors (Lipinski definition) is 5. The lowest BCUT2D eigenvalue weighted by molar-refractivity contribution is -0.384. The van der Waals surface area contributed by atoms with Crippen molar-refractivity contribution >= 4 is 27.1 Å². The van der Waals surface area contributed by atoms with E-state index < -0.39 is 14.8 Å². The second-order valence-corrected chi connectivity index (χ2v) is 5.98. The Morgan fingerprint density at radius 3 is 2.67 bits per heavy atom. The van der Waals surface area contributed by atoms with E-state index >= 15 is 0 Å². The first-order valence-electron chi connectivity index (χ1n) is 5.12. The van der Waals surface area contributed by atoms with Gasteiger partial charge in [-0.3, -0.25) is 14.9 Å². The number of amides is 1. The van der Waals surface area contributed by atoms with Crippen molar-refractivity contribution in [1.29, 1.82) is 0 Å². The van der Waals surface area contributed by atoms with Crippen LogP contribution < -0.4 is 4.90 Å². The molecule has 8 heteroatoms. The molecule has 0 aromatic heterocycles. The van der Waals surface area contributed by atoms with E-state index in [4.69, 9.17) is 0 Å². The minimum Gasteiger partial charge on any atom is -0.310 e. The fourth-order valence-corrected chi connectivity index (χ4v) is 3.27. The average molecular weight is 270 g/mol. The minimum absolute atomic E-state index is 0.0197. The van der Waals surface area contributed by atoms with Crippen LogP contribution in [0.3, 0.4) is 0 Å². The molecule has 0 aliphatic carbocycles. The van der Waals surface area contributed by atoms with Gasteiger partial charge in [-0.15, -0.1) is 0 Å². The van der Waals surface area contributed by atoms with Gasteiger partial charge in [-0.2, -0.15) is 0 Å². The molecule has 0 unspecified atom stereocenters. The molecule has 2 rings (SSSR count). The van der Waals surface area contributed by atoms with Gasteiger partial charge in [-0.25, -0.2) is 8.42 Å². The number of carbonyl (C=O) groups is 1. The van der Waals surface area contributed by atoms with Gasteiger partial charge < -0.3 is 4.90 Å². The molecule has 0 spiro atoms. The number of non-ortho nitro benzene ring substituents is 1. The molecule has 1 aliphatic rings. The number of fused-ring (bicyclic) bond motifs is 1. The Kier molecular flexibility index (Phi) is 2.81. The molecule has 0 saturated heterocycles. The lowest BCUT2D eigenvalue weighted by Crippen LogP contribution is -2.38. The van der Waals surface area contributed by atoms with Gasteiger partial charge in [-0.1, -0.05) is 0 Å². The van der Waals surface area contributed by atoms with Crippen molar-refractivity contribution in [2.75, 3.05) is 17.2 Å². The Bertz CT molecular complexity index is 638. The van der Waals surface area contributed by atoms with Gasteiger partial charge in [-0.05, 0) is 6.07 Å². The topological polar surface area (TPSA) is 97.6 Å². The summed E-state index contributed by atoms with van der Waals surface area (Å²) in [6.45, 7) is 1.31. The van der Waals surface area contributed by atoms with Crippen LogP contribution >= 0.6 is 0 Å². The Balaban J connectivity index is 2.68. The standard InChI is InChI=1S/C10H10N2O5S/c1-7(13)11-4-5-18(16,17)10-3-2-8(12(14)15)6-9(10)11/h2-3,6H,4-5H2,1H3. The van der Waals surface area contributed by atoms with Crippen LogP contribution in [0.2, 0.25) is 0 Å². The van der Waals surface area contributed by atoms with Crippen LogP contribution in [0.25, 0.3) is 0 Å². The summed E-state index contributed by atoms with van der Waals surface area (Å²) in [5.41, 5.74) is -0.153. The van der Waals surface area contributed by atoms with Crippen LogP contribution in [0.1, 0.15) is 6.92 Å². The zero-order valence-corrected chi connectivity index (χ0v) is 10.3. The van der Waals surface area contributed by atoms with E-state index in [2.05, 4.69) is 0 Å². The van der Waals surface area contributed by atoms with Crippen molar-refractivity contribution in [3.63, 3.8) is 0 Å². The molecule has 1 heterocycles. The molecule has 0 radical (unpaired) electrons. The zero-order chi connectivity index (χ0) is 13.5. The maximum Gasteiger partial charge on any atom is 0.271 e. The SMILES string of the molecule is CC(=O)N1CCS(=O)(=O)c2ccc([N+](=O)[O-])cc21. The molecule has 1 aliphatic heterocycles.